The second-order valence-corrected chi connectivity index (χ2v) is 8.78. The first-order chi connectivity index (χ1) is 15.3. The van der Waals surface area contributed by atoms with Crippen LogP contribution in [0.2, 0.25) is 0 Å². The lowest BCUT2D eigenvalue weighted by molar-refractivity contribution is 0.233. The van der Waals surface area contributed by atoms with Crippen LogP contribution in [0.4, 0.5) is 4.79 Å². The minimum absolute atomic E-state index is 0.223. The van der Waals surface area contributed by atoms with Crippen LogP contribution in [0.3, 0.4) is 0 Å². The molecule has 1 aliphatic rings. The number of nitrogens with zero attached hydrogens (tertiary/aromatic N) is 1. The highest BCUT2D eigenvalue weighted by atomic mass is 16.5. The molecule has 0 aromatic heterocycles. The molecule has 1 aromatic rings. The number of rotatable bonds is 15. The van der Waals surface area contributed by atoms with E-state index in [0.29, 0.717) is 0 Å². The molecular weight excluding hydrogens is 386 g/mol. The molecule has 1 aliphatic carbocycles. The molecule has 1 fully saturated rings. The number of benzene rings is 1. The third kappa shape index (κ3) is 12.4. The van der Waals surface area contributed by atoms with E-state index in [1.54, 1.807) is 6.21 Å². The molecule has 1 aromatic carbocycles. The summed E-state index contributed by atoms with van der Waals surface area (Å²) >= 11 is 0. The number of carbonyl (C=O) groups is 1. The highest BCUT2D eigenvalue weighted by Gasteiger charge is 2.14. The summed E-state index contributed by atoms with van der Waals surface area (Å²) < 4.78 is 5.84. The Bertz CT molecular complexity index is 610. The Morgan fingerprint density at radius 3 is 2.19 bits per heavy atom. The predicted octanol–water partition coefficient (Wildman–Crippen LogP) is 6.95. The number of urea groups is 1. The van der Waals surface area contributed by atoms with Crippen LogP contribution < -0.4 is 15.5 Å². The zero-order valence-corrected chi connectivity index (χ0v) is 19.5. The van der Waals surface area contributed by atoms with Crippen molar-refractivity contribution >= 4 is 12.2 Å². The Kier molecular flexibility index (Phi) is 13.5. The van der Waals surface area contributed by atoms with Crippen molar-refractivity contribution in [2.45, 2.75) is 109 Å². The molecule has 174 valence electrons. The second kappa shape index (κ2) is 16.6. The lowest BCUT2D eigenvalue weighted by atomic mass is 9.96. The molecule has 5 heteroatoms. The van der Waals surface area contributed by atoms with E-state index in [2.05, 4.69) is 22.8 Å². The smallest absolute Gasteiger partial charge is 0.335 e. The van der Waals surface area contributed by atoms with Gasteiger partial charge in [-0.3, -0.25) is 0 Å². The van der Waals surface area contributed by atoms with E-state index in [9.17, 15) is 4.79 Å². The minimum atomic E-state index is -0.223. The van der Waals surface area contributed by atoms with Crippen molar-refractivity contribution in [1.82, 2.24) is 10.7 Å². The molecular formula is C26H43N3O2. The SMILES string of the molecule is CCCCCCCCCCCCOc1ccc(/C=N/NC(=O)NC2CCCCC2)cc1. The van der Waals surface area contributed by atoms with Gasteiger partial charge in [-0.1, -0.05) is 84.0 Å². The third-order valence-electron chi connectivity index (χ3n) is 5.97. The molecule has 2 N–H and O–H groups in total. The van der Waals surface area contributed by atoms with Gasteiger partial charge in [-0.2, -0.15) is 5.10 Å². The number of nitrogens with one attached hydrogen (secondary N) is 2. The second-order valence-electron chi connectivity index (χ2n) is 8.78. The van der Waals surface area contributed by atoms with E-state index in [-0.39, 0.29) is 12.1 Å². The number of unbranched alkanes of at least 4 members (excludes halogenated alkanes) is 9. The monoisotopic (exact) mass is 429 g/mol. The molecule has 0 spiro atoms. The first-order valence-electron chi connectivity index (χ1n) is 12.6. The topological polar surface area (TPSA) is 62.7 Å². The van der Waals surface area contributed by atoms with Crippen LogP contribution >= 0.6 is 0 Å². The van der Waals surface area contributed by atoms with Crippen molar-refractivity contribution in [3.8, 4) is 5.75 Å². The van der Waals surface area contributed by atoms with Crippen molar-refractivity contribution in [2.75, 3.05) is 6.61 Å². The summed E-state index contributed by atoms with van der Waals surface area (Å²) in [4.78, 5) is 11.9. The number of hydrogen-bond acceptors (Lipinski definition) is 3. The minimum Gasteiger partial charge on any atom is -0.494 e. The first kappa shape index (κ1) is 25.2. The third-order valence-corrected chi connectivity index (χ3v) is 5.97. The number of carbonyl (C=O) groups excluding carboxylic acids is 1. The Balaban J connectivity index is 1.49. The number of hydrogen-bond donors (Lipinski definition) is 2. The zero-order valence-electron chi connectivity index (χ0n) is 19.5. The maximum Gasteiger partial charge on any atom is 0.335 e. The van der Waals surface area contributed by atoms with Crippen LogP contribution in [-0.4, -0.2) is 24.9 Å². The van der Waals surface area contributed by atoms with Crippen LogP contribution in [-0.2, 0) is 0 Å². The van der Waals surface area contributed by atoms with Gasteiger partial charge in [0.05, 0.1) is 12.8 Å². The van der Waals surface area contributed by atoms with Gasteiger partial charge in [-0.05, 0) is 49.1 Å². The molecule has 0 radical (unpaired) electrons. The largest absolute Gasteiger partial charge is 0.494 e. The lowest BCUT2D eigenvalue weighted by Gasteiger charge is -2.22. The molecule has 0 saturated heterocycles. The summed E-state index contributed by atoms with van der Waals surface area (Å²) in [6.45, 7) is 3.04. The molecule has 5 nitrogen and oxygen atoms in total. The van der Waals surface area contributed by atoms with Gasteiger partial charge in [0.2, 0.25) is 0 Å². The van der Waals surface area contributed by atoms with E-state index in [1.807, 2.05) is 24.3 Å². The van der Waals surface area contributed by atoms with Gasteiger partial charge in [0.25, 0.3) is 0 Å². The summed E-state index contributed by atoms with van der Waals surface area (Å²) in [7, 11) is 0. The van der Waals surface area contributed by atoms with Crippen LogP contribution in [0.25, 0.3) is 0 Å². The van der Waals surface area contributed by atoms with Gasteiger partial charge in [0.15, 0.2) is 0 Å². The van der Waals surface area contributed by atoms with Crippen molar-refractivity contribution < 1.29 is 9.53 Å². The van der Waals surface area contributed by atoms with E-state index in [1.165, 1.54) is 77.0 Å². The highest BCUT2D eigenvalue weighted by Crippen LogP contribution is 2.17. The van der Waals surface area contributed by atoms with Gasteiger partial charge in [-0.15, -0.1) is 0 Å². The molecule has 31 heavy (non-hydrogen) atoms. The Hall–Kier alpha value is -2.04. The van der Waals surface area contributed by atoms with Crippen molar-refractivity contribution in [2.24, 2.45) is 5.10 Å². The molecule has 0 heterocycles. The van der Waals surface area contributed by atoms with Gasteiger partial charge in [-0.25, -0.2) is 10.2 Å². The van der Waals surface area contributed by atoms with Crippen molar-refractivity contribution in [3.05, 3.63) is 29.8 Å². The van der Waals surface area contributed by atoms with Gasteiger partial charge >= 0.3 is 6.03 Å². The van der Waals surface area contributed by atoms with Gasteiger partial charge < -0.3 is 10.1 Å². The summed E-state index contributed by atoms with van der Waals surface area (Å²) in [5.74, 6) is 0.885. The molecule has 2 amide bonds. The summed E-state index contributed by atoms with van der Waals surface area (Å²) in [5, 5.41) is 7.03. The summed E-state index contributed by atoms with van der Waals surface area (Å²) in [6, 6.07) is 7.89. The molecule has 0 aliphatic heterocycles. The van der Waals surface area contributed by atoms with Crippen LogP contribution in [0.1, 0.15) is 109 Å². The fraction of sp³-hybridized carbons (Fsp3) is 0.692. The fourth-order valence-electron chi connectivity index (χ4n) is 4.06. The number of hydrazone groups is 1. The zero-order chi connectivity index (χ0) is 22.0. The van der Waals surface area contributed by atoms with Crippen molar-refractivity contribution in [3.63, 3.8) is 0 Å². The van der Waals surface area contributed by atoms with E-state index >= 15 is 0 Å². The maximum absolute atomic E-state index is 11.9. The maximum atomic E-state index is 11.9. The van der Waals surface area contributed by atoms with Gasteiger partial charge in [0.1, 0.15) is 5.75 Å². The Morgan fingerprint density at radius 2 is 1.55 bits per heavy atom. The van der Waals surface area contributed by atoms with Gasteiger partial charge in [0, 0.05) is 6.04 Å². The van der Waals surface area contributed by atoms with Crippen LogP contribution in [0, 0.1) is 0 Å². The normalized spacial score (nSPS) is 14.6. The lowest BCUT2D eigenvalue weighted by Crippen LogP contribution is -2.41. The van der Waals surface area contributed by atoms with Crippen LogP contribution in [0.5, 0.6) is 5.75 Å². The Morgan fingerprint density at radius 1 is 0.935 bits per heavy atom. The molecule has 2 rings (SSSR count). The average molecular weight is 430 g/mol. The molecule has 0 bridgehead atoms. The highest BCUT2D eigenvalue weighted by molar-refractivity contribution is 5.82. The summed E-state index contributed by atoms with van der Waals surface area (Å²) in [6.07, 6.45) is 20.8. The Labute approximate surface area is 189 Å². The molecule has 1 saturated carbocycles. The quantitative estimate of drug-likeness (QED) is 0.180. The fourth-order valence-corrected chi connectivity index (χ4v) is 4.06. The average Bonchev–Trinajstić information content (AvgIpc) is 2.79. The van der Waals surface area contributed by atoms with Crippen molar-refractivity contribution in [1.29, 1.82) is 0 Å². The summed E-state index contributed by atoms with van der Waals surface area (Å²) in [5.41, 5.74) is 3.49. The molecule has 0 unspecified atom stereocenters. The number of amides is 2. The first-order valence-corrected chi connectivity index (χ1v) is 12.6. The van der Waals surface area contributed by atoms with E-state index in [0.717, 1.165) is 37.2 Å². The number of ether oxygens (including phenoxy) is 1. The van der Waals surface area contributed by atoms with E-state index < -0.39 is 0 Å². The molecule has 0 atom stereocenters. The standard InChI is InChI=1S/C26H43N3O2/c1-2-3-4-5-6-7-8-9-10-14-21-31-25-19-17-23(18-20-25)22-27-29-26(30)28-24-15-12-11-13-16-24/h17-20,22,24H,2-16,21H2,1H3,(H2,28,29,30)/b27-22+. The predicted molar refractivity (Wildman–Crippen MR) is 130 cm³/mol. The van der Waals surface area contributed by atoms with E-state index in [4.69, 9.17) is 4.74 Å². The van der Waals surface area contributed by atoms with Crippen LogP contribution in [0.15, 0.2) is 29.4 Å².